The van der Waals surface area contributed by atoms with E-state index in [0.717, 1.165) is 24.2 Å². The molecule has 1 saturated carbocycles. The molecule has 2 aromatic carbocycles. The summed E-state index contributed by atoms with van der Waals surface area (Å²) in [5, 5.41) is 29.9. The van der Waals surface area contributed by atoms with Gasteiger partial charge in [-0.3, -0.25) is 0 Å². The van der Waals surface area contributed by atoms with Crippen LogP contribution in [-0.2, 0) is 22.1 Å². The van der Waals surface area contributed by atoms with Crippen LogP contribution < -0.4 is 0 Å². The van der Waals surface area contributed by atoms with Crippen molar-refractivity contribution in [3.05, 3.63) is 82.4 Å². The van der Waals surface area contributed by atoms with Gasteiger partial charge in [-0.1, -0.05) is 141 Å². The molecule has 3 rings (SSSR count). The maximum absolute atomic E-state index is 9.99. The monoisotopic (exact) mass is 702 g/mol. The Balaban J connectivity index is 0.000000363. The fraction of sp³-hybridized carbons (Fsp3) is 0.625. The molecule has 1 fully saturated rings. The van der Waals surface area contributed by atoms with Crippen molar-refractivity contribution >= 4 is 0 Å². The van der Waals surface area contributed by atoms with Gasteiger partial charge in [0.15, 0.2) is 0 Å². The fourth-order valence-corrected chi connectivity index (χ4v) is 4.31. The molecule has 2 aromatic rings. The van der Waals surface area contributed by atoms with E-state index in [1.807, 2.05) is 36.4 Å². The number of nitrogens with zero attached hydrogens (tertiary/aromatic N) is 2. The fourth-order valence-electron chi connectivity index (χ4n) is 4.31. The van der Waals surface area contributed by atoms with Gasteiger partial charge >= 0.3 is 22.1 Å². The Morgan fingerprint density at radius 2 is 1.00 bits per heavy atom. The SMILES string of the molecule is CC(C)(C)CC[N-]C1CCCC[C@H]1[N-]CCC(C)(C)C.O[C@H](c1ccccc1)[C@H](O)c1ccccc1.[O]=[Os]. The standard InChI is InChI=1S/C18H36N2.C14H14O2.O.Os/c1-17(2,3)11-13-19-15-9-7-8-10-16(15)20-14-12-18(4,5)6;15-13(11-7-3-1-4-8-11)14(16)12-9-5-2-6-10-12;;/h15-16H,7-14H2,1-6H3;1-10,13-16H;;/q-2;;;/t15-,16?;13-,14-;;/m11../s1. The first-order chi connectivity index (χ1) is 18.0. The zero-order valence-electron chi connectivity index (χ0n) is 24.3. The van der Waals surface area contributed by atoms with Crippen LogP contribution in [0.25, 0.3) is 10.6 Å². The van der Waals surface area contributed by atoms with Crippen LogP contribution in [0.1, 0.15) is 103 Å². The molecule has 0 amide bonds. The molecular formula is C32H50N2O3Os-2. The van der Waals surface area contributed by atoms with Gasteiger partial charge in [0.2, 0.25) is 0 Å². The third-order valence-electron chi connectivity index (χ3n) is 6.73. The van der Waals surface area contributed by atoms with E-state index in [0.29, 0.717) is 41.5 Å². The Labute approximate surface area is 242 Å². The van der Waals surface area contributed by atoms with Gasteiger partial charge in [-0.2, -0.15) is 12.1 Å². The summed E-state index contributed by atoms with van der Waals surface area (Å²) in [6.45, 7) is 15.8. The molecule has 1 aliphatic rings. The minimum absolute atomic E-state index is 0.400. The summed E-state index contributed by atoms with van der Waals surface area (Å²) in [6.07, 6.45) is 5.81. The second-order valence-corrected chi connectivity index (χ2v) is 12.6. The van der Waals surface area contributed by atoms with E-state index in [1.165, 1.54) is 38.5 Å². The molecule has 2 N–H and O–H groups in total. The van der Waals surface area contributed by atoms with E-state index in [9.17, 15) is 10.2 Å². The van der Waals surface area contributed by atoms with Gasteiger partial charge < -0.3 is 20.8 Å². The molecule has 4 atom stereocenters. The van der Waals surface area contributed by atoms with E-state index >= 15 is 0 Å². The van der Waals surface area contributed by atoms with Crippen LogP contribution >= 0.6 is 0 Å². The van der Waals surface area contributed by atoms with Crippen LogP contribution in [0.15, 0.2) is 60.7 Å². The third-order valence-corrected chi connectivity index (χ3v) is 6.73. The van der Waals surface area contributed by atoms with Crippen LogP contribution in [0, 0.1) is 10.8 Å². The Morgan fingerprint density at radius 3 is 1.29 bits per heavy atom. The molecule has 0 aromatic heterocycles. The molecule has 0 aliphatic heterocycles. The summed E-state index contributed by atoms with van der Waals surface area (Å²) in [6, 6.07) is 19.4. The van der Waals surface area contributed by atoms with Crippen molar-refractivity contribution in [2.75, 3.05) is 13.1 Å². The topological polar surface area (TPSA) is 85.7 Å². The number of rotatable bonds is 9. The van der Waals surface area contributed by atoms with Crippen molar-refractivity contribution < 1.29 is 32.3 Å². The van der Waals surface area contributed by atoms with Gasteiger partial charge in [0, 0.05) is 0 Å². The quantitative estimate of drug-likeness (QED) is 0.276. The van der Waals surface area contributed by atoms with Gasteiger partial charge in [-0.05, 0) is 22.0 Å². The molecule has 1 unspecified atom stereocenters. The molecule has 216 valence electrons. The predicted molar refractivity (Wildman–Crippen MR) is 154 cm³/mol. The molecular weight excluding hydrogens is 651 g/mol. The maximum atomic E-state index is 9.99. The van der Waals surface area contributed by atoms with Crippen molar-refractivity contribution in [1.29, 1.82) is 0 Å². The molecule has 0 spiro atoms. The zero-order chi connectivity index (χ0) is 28.6. The van der Waals surface area contributed by atoms with E-state index in [4.69, 9.17) is 14.2 Å². The van der Waals surface area contributed by atoms with Crippen LogP contribution in [-0.4, -0.2) is 35.4 Å². The van der Waals surface area contributed by atoms with Crippen molar-refractivity contribution in [2.45, 2.75) is 104 Å². The molecule has 0 radical (unpaired) electrons. The molecule has 5 nitrogen and oxygen atoms in total. The van der Waals surface area contributed by atoms with Crippen LogP contribution in [0.2, 0.25) is 0 Å². The predicted octanol–water partition coefficient (Wildman–Crippen LogP) is 8.25. The van der Waals surface area contributed by atoms with Gasteiger partial charge in [-0.15, -0.1) is 13.1 Å². The second-order valence-electron chi connectivity index (χ2n) is 12.6. The summed E-state index contributed by atoms with van der Waals surface area (Å²) >= 11 is 0.611. The van der Waals surface area contributed by atoms with Crippen molar-refractivity contribution in [3.8, 4) is 0 Å². The third kappa shape index (κ3) is 14.8. The van der Waals surface area contributed by atoms with Crippen molar-refractivity contribution in [3.63, 3.8) is 0 Å². The summed E-state index contributed by atoms with van der Waals surface area (Å²) in [5.41, 5.74) is 2.24. The van der Waals surface area contributed by atoms with Crippen LogP contribution in [0.4, 0.5) is 0 Å². The summed E-state index contributed by atoms with van der Waals surface area (Å²) in [7, 11) is 0. The normalized spacial score (nSPS) is 19.3. The first-order valence-corrected chi connectivity index (χ1v) is 14.9. The first kappa shape index (κ1) is 34.7. The number of aliphatic hydroxyl groups is 2. The summed E-state index contributed by atoms with van der Waals surface area (Å²) in [4.78, 5) is 0. The molecule has 6 heteroatoms. The van der Waals surface area contributed by atoms with Crippen LogP contribution in [0.3, 0.4) is 0 Å². The Hall–Kier alpha value is -1.28. The summed E-state index contributed by atoms with van der Waals surface area (Å²) < 4.78 is 8.28. The van der Waals surface area contributed by atoms with Gasteiger partial charge in [-0.25, -0.2) is 0 Å². The Morgan fingerprint density at radius 1 is 0.684 bits per heavy atom. The molecule has 0 saturated heterocycles. The van der Waals surface area contributed by atoms with Crippen molar-refractivity contribution in [1.82, 2.24) is 0 Å². The zero-order valence-corrected chi connectivity index (χ0v) is 26.8. The number of hydrogen-bond donors (Lipinski definition) is 2. The van der Waals surface area contributed by atoms with E-state index in [2.05, 4.69) is 41.5 Å². The molecule has 0 bridgehead atoms. The van der Waals surface area contributed by atoms with Crippen LogP contribution in [0.5, 0.6) is 0 Å². The number of hydrogen-bond acceptors (Lipinski definition) is 3. The van der Waals surface area contributed by atoms with E-state index in [1.54, 1.807) is 24.3 Å². The van der Waals surface area contributed by atoms with E-state index < -0.39 is 12.2 Å². The van der Waals surface area contributed by atoms with Gasteiger partial charge in [0.1, 0.15) is 12.2 Å². The van der Waals surface area contributed by atoms with Gasteiger partial charge in [0.25, 0.3) is 0 Å². The molecule has 38 heavy (non-hydrogen) atoms. The van der Waals surface area contributed by atoms with E-state index in [-0.39, 0.29) is 0 Å². The Bertz CT molecular complexity index is 781. The van der Waals surface area contributed by atoms with Crippen molar-refractivity contribution in [2.24, 2.45) is 10.8 Å². The number of aliphatic hydroxyl groups excluding tert-OH is 2. The average Bonchev–Trinajstić information content (AvgIpc) is 2.90. The molecule has 1 aliphatic carbocycles. The summed E-state index contributed by atoms with van der Waals surface area (Å²) in [5.74, 6) is 0. The number of benzene rings is 2. The Kier molecular flexibility index (Phi) is 16.6. The molecule has 0 heterocycles. The second kappa shape index (κ2) is 18.1. The minimum atomic E-state index is -0.886. The first-order valence-electron chi connectivity index (χ1n) is 13.9. The average molecular weight is 701 g/mol. The van der Waals surface area contributed by atoms with Gasteiger partial charge in [0.05, 0.1) is 0 Å².